The molecule has 0 aliphatic heterocycles. The Morgan fingerprint density at radius 1 is 1.24 bits per heavy atom. The van der Waals surface area contributed by atoms with Crippen molar-refractivity contribution in [3.05, 3.63) is 59.9 Å². The third-order valence-electron chi connectivity index (χ3n) is 3.14. The summed E-state index contributed by atoms with van der Waals surface area (Å²) in [5.74, 6) is -1.11. The van der Waals surface area contributed by atoms with E-state index < -0.39 is 5.97 Å². The van der Waals surface area contributed by atoms with Gasteiger partial charge < -0.3 is 10.4 Å². The number of carboxylic acids is 1. The first-order valence-corrected chi connectivity index (χ1v) is 6.59. The van der Waals surface area contributed by atoms with Crippen molar-refractivity contribution < 1.29 is 14.7 Å². The Morgan fingerprint density at radius 3 is 2.52 bits per heavy atom. The van der Waals surface area contributed by atoms with E-state index in [0.29, 0.717) is 11.3 Å². The Morgan fingerprint density at radius 2 is 1.95 bits per heavy atom. The average molecular weight is 284 g/mol. The lowest BCUT2D eigenvalue weighted by atomic mass is 9.98. The van der Waals surface area contributed by atoms with Crippen molar-refractivity contribution in [1.82, 2.24) is 4.98 Å². The predicted octanol–water partition coefficient (Wildman–Crippen LogP) is 2.91. The maximum absolute atomic E-state index is 11.9. The van der Waals surface area contributed by atoms with E-state index >= 15 is 0 Å². The normalized spacial score (nSPS) is 11.7. The van der Waals surface area contributed by atoms with E-state index in [4.69, 9.17) is 5.11 Å². The number of hydrogen-bond acceptors (Lipinski definition) is 3. The smallest absolute Gasteiger partial charge is 0.303 e. The van der Waals surface area contributed by atoms with Crippen LogP contribution in [0.25, 0.3) is 0 Å². The molecule has 0 saturated carbocycles. The van der Waals surface area contributed by atoms with Gasteiger partial charge in [0.2, 0.25) is 0 Å². The molecule has 5 heteroatoms. The highest BCUT2D eigenvalue weighted by Gasteiger charge is 2.10. The summed E-state index contributed by atoms with van der Waals surface area (Å²) in [6, 6.07) is 10.6. The number of benzene rings is 1. The minimum Gasteiger partial charge on any atom is -0.481 e. The number of carboxylic acid groups (broad SMARTS) is 1. The SMILES string of the molecule is CC(CC(=O)O)c1ccc(NC(=O)c2cccnc2)cc1. The molecule has 0 saturated heterocycles. The van der Waals surface area contributed by atoms with E-state index in [1.54, 1.807) is 30.5 Å². The van der Waals surface area contributed by atoms with Crippen LogP contribution in [-0.2, 0) is 4.79 Å². The van der Waals surface area contributed by atoms with Gasteiger partial charge in [0.05, 0.1) is 12.0 Å². The molecule has 2 aromatic rings. The fourth-order valence-corrected chi connectivity index (χ4v) is 1.98. The van der Waals surface area contributed by atoms with E-state index in [1.807, 2.05) is 19.1 Å². The third kappa shape index (κ3) is 4.14. The Labute approximate surface area is 122 Å². The molecule has 1 atom stereocenters. The number of pyridine rings is 1. The summed E-state index contributed by atoms with van der Waals surface area (Å²) >= 11 is 0. The molecule has 1 aromatic carbocycles. The molecule has 1 amide bonds. The molecule has 0 bridgehead atoms. The number of hydrogen-bond donors (Lipinski definition) is 2. The van der Waals surface area contributed by atoms with Crippen LogP contribution in [-0.4, -0.2) is 22.0 Å². The van der Waals surface area contributed by atoms with Crippen LogP contribution in [0, 0.1) is 0 Å². The zero-order valence-corrected chi connectivity index (χ0v) is 11.6. The van der Waals surface area contributed by atoms with Crippen molar-refractivity contribution in [2.45, 2.75) is 19.3 Å². The molecule has 0 radical (unpaired) electrons. The van der Waals surface area contributed by atoms with Gasteiger partial charge in [-0.1, -0.05) is 19.1 Å². The number of aromatic nitrogens is 1. The van der Waals surface area contributed by atoms with Crippen LogP contribution in [0.5, 0.6) is 0 Å². The second-order valence-electron chi connectivity index (χ2n) is 4.82. The first kappa shape index (κ1) is 14.7. The summed E-state index contributed by atoms with van der Waals surface area (Å²) < 4.78 is 0. The highest BCUT2D eigenvalue weighted by atomic mass is 16.4. The number of aliphatic carboxylic acids is 1. The number of nitrogens with one attached hydrogen (secondary N) is 1. The van der Waals surface area contributed by atoms with Crippen LogP contribution in [0.3, 0.4) is 0 Å². The van der Waals surface area contributed by atoms with Gasteiger partial charge in [0.15, 0.2) is 0 Å². The molecule has 108 valence electrons. The summed E-state index contributed by atoms with van der Waals surface area (Å²) in [5.41, 5.74) is 2.08. The van der Waals surface area contributed by atoms with Crippen molar-refractivity contribution in [2.75, 3.05) is 5.32 Å². The van der Waals surface area contributed by atoms with Gasteiger partial charge in [0.25, 0.3) is 5.91 Å². The van der Waals surface area contributed by atoms with E-state index in [0.717, 1.165) is 5.56 Å². The lowest BCUT2D eigenvalue weighted by Crippen LogP contribution is -2.12. The maximum atomic E-state index is 11.9. The zero-order chi connectivity index (χ0) is 15.2. The van der Waals surface area contributed by atoms with Crippen LogP contribution < -0.4 is 5.32 Å². The number of carbonyl (C=O) groups excluding carboxylic acids is 1. The molecule has 2 N–H and O–H groups in total. The largest absolute Gasteiger partial charge is 0.481 e. The summed E-state index contributed by atoms with van der Waals surface area (Å²) in [5, 5.41) is 11.6. The van der Waals surface area contributed by atoms with Crippen LogP contribution >= 0.6 is 0 Å². The monoisotopic (exact) mass is 284 g/mol. The van der Waals surface area contributed by atoms with Crippen molar-refractivity contribution in [3.8, 4) is 0 Å². The number of nitrogens with zero attached hydrogens (tertiary/aromatic N) is 1. The molecule has 1 unspecified atom stereocenters. The molecule has 21 heavy (non-hydrogen) atoms. The summed E-state index contributed by atoms with van der Waals surface area (Å²) in [7, 11) is 0. The van der Waals surface area contributed by atoms with E-state index in [9.17, 15) is 9.59 Å². The molecule has 0 aliphatic carbocycles. The van der Waals surface area contributed by atoms with E-state index in [2.05, 4.69) is 10.3 Å². The van der Waals surface area contributed by atoms with Gasteiger partial charge in [0, 0.05) is 18.1 Å². The Hall–Kier alpha value is -2.69. The quantitative estimate of drug-likeness (QED) is 0.884. The number of rotatable bonds is 5. The highest BCUT2D eigenvalue weighted by Crippen LogP contribution is 2.21. The first-order valence-electron chi connectivity index (χ1n) is 6.59. The molecule has 0 aliphatic rings. The Balaban J connectivity index is 2.03. The van der Waals surface area contributed by atoms with E-state index in [1.165, 1.54) is 6.20 Å². The van der Waals surface area contributed by atoms with Crippen LogP contribution in [0.1, 0.15) is 35.2 Å². The highest BCUT2D eigenvalue weighted by molar-refractivity contribution is 6.03. The van der Waals surface area contributed by atoms with Crippen LogP contribution in [0.15, 0.2) is 48.8 Å². The molecule has 5 nitrogen and oxygen atoms in total. The van der Waals surface area contributed by atoms with Crippen molar-refractivity contribution in [1.29, 1.82) is 0 Å². The summed E-state index contributed by atoms with van der Waals surface area (Å²) in [6.07, 6.45) is 3.19. The number of carbonyl (C=O) groups is 2. The molecular formula is C16H16N2O3. The van der Waals surface area contributed by atoms with Crippen molar-refractivity contribution in [2.24, 2.45) is 0 Å². The molecular weight excluding hydrogens is 268 g/mol. The fraction of sp³-hybridized carbons (Fsp3) is 0.188. The lowest BCUT2D eigenvalue weighted by molar-refractivity contribution is -0.137. The molecule has 1 heterocycles. The number of amides is 1. The fourth-order valence-electron chi connectivity index (χ4n) is 1.98. The zero-order valence-electron chi connectivity index (χ0n) is 11.6. The topological polar surface area (TPSA) is 79.3 Å². The van der Waals surface area contributed by atoms with Crippen LogP contribution in [0.4, 0.5) is 5.69 Å². The predicted molar refractivity (Wildman–Crippen MR) is 79.3 cm³/mol. The minimum atomic E-state index is -0.823. The average Bonchev–Trinajstić information content (AvgIpc) is 2.48. The second kappa shape index (κ2) is 6.65. The van der Waals surface area contributed by atoms with Crippen LogP contribution in [0.2, 0.25) is 0 Å². The molecule has 0 fully saturated rings. The standard InChI is InChI=1S/C16H16N2O3/c1-11(9-15(19)20)12-4-6-14(7-5-12)18-16(21)13-3-2-8-17-10-13/h2-8,10-11H,9H2,1H3,(H,18,21)(H,19,20). The summed E-state index contributed by atoms with van der Waals surface area (Å²) in [4.78, 5) is 26.5. The van der Waals surface area contributed by atoms with Gasteiger partial charge in [-0.3, -0.25) is 14.6 Å². The van der Waals surface area contributed by atoms with Gasteiger partial charge in [-0.15, -0.1) is 0 Å². The van der Waals surface area contributed by atoms with E-state index in [-0.39, 0.29) is 18.2 Å². The maximum Gasteiger partial charge on any atom is 0.303 e. The molecule has 2 rings (SSSR count). The van der Waals surface area contributed by atoms with Gasteiger partial charge in [-0.25, -0.2) is 0 Å². The minimum absolute atomic E-state index is 0.0643. The Kier molecular flexibility index (Phi) is 4.66. The summed E-state index contributed by atoms with van der Waals surface area (Å²) in [6.45, 7) is 1.86. The second-order valence-corrected chi connectivity index (χ2v) is 4.82. The van der Waals surface area contributed by atoms with Gasteiger partial charge >= 0.3 is 5.97 Å². The number of anilines is 1. The Bertz CT molecular complexity index is 624. The van der Waals surface area contributed by atoms with Gasteiger partial charge in [-0.05, 0) is 35.7 Å². The molecule has 0 spiro atoms. The molecule has 1 aromatic heterocycles. The third-order valence-corrected chi connectivity index (χ3v) is 3.14. The lowest BCUT2D eigenvalue weighted by Gasteiger charge is -2.10. The van der Waals surface area contributed by atoms with Crippen molar-refractivity contribution >= 4 is 17.6 Å². The van der Waals surface area contributed by atoms with Gasteiger partial charge in [0.1, 0.15) is 0 Å². The van der Waals surface area contributed by atoms with Crippen molar-refractivity contribution in [3.63, 3.8) is 0 Å². The van der Waals surface area contributed by atoms with Gasteiger partial charge in [-0.2, -0.15) is 0 Å². The first-order chi connectivity index (χ1) is 10.1.